The number of carbonyl (C=O) groups excluding carboxylic acids is 2. The molecule has 2 aromatic carbocycles. The fourth-order valence-electron chi connectivity index (χ4n) is 3.83. The van der Waals surface area contributed by atoms with Crippen LogP contribution >= 0.6 is 0 Å². The molecule has 3 rings (SSSR count). The Morgan fingerprint density at radius 2 is 1.71 bits per heavy atom. The number of hydrogen-bond acceptors (Lipinski definition) is 5. The second-order valence-electron chi connectivity index (χ2n) is 7.66. The summed E-state index contributed by atoms with van der Waals surface area (Å²) in [7, 11) is 1.54. The lowest BCUT2D eigenvalue weighted by Gasteiger charge is -2.34. The topological polar surface area (TPSA) is 91.1 Å². The van der Waals surface area contributed by atoms with Gasteiger partial charge in [-0.05, 0) is 42.7 Å². The second kappa shape index (κ2) is 11.2. The largest absolute Gasteiger partial charge is 0.493 e. The van der Waals surface area contributed by atoms with Crippen LogP contribution < -0.4 is 19.9 Å². The molecule has 0 aliphatic heterocycles. The minimum Gasteiger partial charge on any atom is -0.493 e. The van der Waals surface area contributed by atoms with Gasteiger partial charge in [-0.3, -0.25) is 9.59 Å². The summed E-state index contributed by atoms with van der Waals surface area (Å²) in [6.07, 6.45) is 5.44. The van der Waals surface area contributed by atoms with Crippen molar-refractivity contribution in [2.24, 2.45) is 5.73 Å². The van der Waals surface area contributed by atoms with Crippen molar-refractivity contribution >= 4 is 11.8 Å². The van der Waals surface area contributed by atoms with Crippen LogP contribution in [0.25, 0.3) is 0 Å². The molecule has 7 heteroatoms. The van der Waals surface area contributed by atoms with E-state index >= 15 is 0 Å². The number of amides is 2. The number of methoxy groups -OCH3 is 1. The third-order valence-corrected chi connectivity index (χ3v) is 5.39. The van der Waals surface area contributed by atoms with Gasteiger partial charge < -0.3 is 24.8 Å². The number of carbonyl (C=O) groups is 2. The molecule has 0 heterocycles. The highest BCUT2D eigenvalue weighted by atomic mass is 16.5. The van der Waals surface area contributed by atoms with Crippen LogP contribution in [0.2, 0.25) is 0 Å². The number of para-hydroxylation sites is 1. The lowest BCUT2D eigenvalue weighted by molar-refractivity contribution is -0.137. The average molecular weight is 427 g/mol. The van der Waals surface area contributed by atoms with Crippen LogP contribution in [0.5, 0.6) is 17.2 Å². The van der Waals surface area contributed by atoms with Gasteiger partial charge in [0.05, 0.1) is 7.11 Å². The van der Waals surface area contributed by atoms with E-state index in [1.54, 1.807) is 6.07 Å². The van der Waals surface area contributed by atoms with E-state index in [4.69, 9.17) is 19.9 Å². The number of nitrogens with two attached hydrogens (primary N) is 1. The Balaban J connectivity index is 1.73. The molecule has 0 atom stereocenters. The Labute approximate surface area is 183 Å². The van der Waals surface area contributed by atoms with Crippen LogP contribution in [-0.2, 0) is 16.1 Å². The minimum absolute atomic E-state index is 0.00253. The Hall–Kier alpha value is -3.22. The third kappa shape index (κ3) is 6.64. The quantitative estimate of drug-likeness (QED) is 0.629. The SMILES string of the molecule is COc1cc(CN(C(=O)COc2ccccc2)C2CCCCC2)ccc1OCC(N)=O. The molecule has 31 heavy (non-hydrogen) atoms. The zero-order valence-electron chi connectivity index (χ0n) is 17.9. The van der Waals surface area contributed by atoms with Gasteiger partial charge in [0.1, 0.15) is 5.75 Å². The van der Waals surface area contributed by atoms with E-state index < -0.39 is 5.91 Å². The summed E-state index contributed by atoms with van der Waals surface area (Å²) < 4.78 is 16.5. The highest BCUT2D eigenvalue weighted by Crippen LogP contribution is 2.30. The monoisotopic (exact) mass is 426 g/mol. The van der Waals surface area contributed by atoms with E-state index in [0.717, 1.165) is 31.2 Å². The van der Waals surface area contributed by atoms with Crippen LogP contribution in [0, 0.1) is 0 Å². The van der Waals surface area contributed by atoms with Gasteiger partial charge >= 0.3 is 0 Å². The number of ether oxygens (including phenoxy) is 3. The van der Waals surface area contributed by atoms with Crippen molar-refractivity contribution in [3.63, 3.8) is 0 Å². The van der Waals surface area contributed by atoms with E-state index in [2.05, 4.69) is 0 Å². The maximum atomic E-state index is 13.1. The predicted molar refractivity (Wildman–Crippen MR) is 117 cm³/mol. The van der Waals surface area contributed by atoms with Crippen molar-refractivity contribution in [3.05, 3.63) is 54.1 Å². The van der Waals surface area contributed by atoms with Gasteiger partial charge in [0, 0.05) is 12.6 Å². The normalized spacial score (nSPS) is 14.0. The minimum atomic E-state index is -0.557. The summed E-state index contributed by atoms with van der Waals surface area (Å²) in [5, 5.41) is 0. The summed E-state index contributed by atoms with van der Waals surface area (Å²) in [6.45, 7) is 0.227. The molecule has 1 aliphatic rings. The lowest BCUT2D eigenvalue weighted by Crippen LogP contribution is -2.43. The second-order valence-corrected chi connectivity index (χ2v) is 7.66. The molecule has 0 saturated heterocycles. The third-order valence-electron chi connectivity index (χ3n) is 5.39. The van der Waals surface area contributed by atoms with Crippen LogP contribution in [0.3, 0.4) is 0 Å². The van der Waals surface area contributed by atoms with Gasteiger partial charge in [-0.2, -0.15) is 0 Å². The standard InChI is InChI=1S/C24H30N2O5/c1-29-22-14-18(12-13-21(22)31-16-23(25)27)15-26(19-8-4-2-5-9-19)24(28)17-30-20-10-6-3-7-11-20/h3,6-7,10-14,19H,2,4-5,8-9,15-17H2,1H3,(H2,25,27). The number of hydrogen-bond donors (Lipinski definition) is 1. The highest BCUT2D eigenvalue weighted by molar-refractivity contribution is 5.78. The first-order valence-electron chi connectivity index (χ1n) is 10.6. The molecule has 1 aliphatic carbocycles. The fourth-order valence-corrected chi connectivity index (χ4v) is 3.83. The number of primary amides is 1. The molecule has 1 saturated carbocycles. The molecular formula is C24H30N2O5. The molecular weight excluding hydrogens is 396 g/mol. The van der Waals surface area contributed by atoms with E-state index in [0.29, 0.717) is 23.8 Å². The van der Waals surface area contributed by atoms with Crippen LogP contribution in [0.15, 0.2) is 48.5 Å². The van der Waals surface area contributed by atoms with Crippen LogP contribution in [0.1, 0.15) is 37.7 Å². The molecule has 0 spiro atoms. The molecule has 2 aromatic rings. The predicted octanol–water partition coefficient (Wildman–Crippen LogP) is 3.30. The van der Waals surface area contributed by atoms with E-state index in [-0.39, 0.29) is 25.2 Å². The van der Waals surface area contributed by atoms with Gasteiger partial charge in [0.25, 0.3) is 11.8 Å². The molecule has 2 amide bonds. The zero-order chi connectivity index (χ0) is 22.1. The maximum Gasteiger partial charge on any atom is 0.261 e. The highest BCUT2D eigenvalue weighted by Gasteiger charge is 2.26. The molecule has 0 unspecified atom stereocenters. The Kier molecular flexibility index (Phi) is 8.15. The molecule has 166 valence electrons. The van der Waals surface area contributed by atoms with Gasteiger partial charge in [0.2, 0.25) is 0 Å². The van der Waals surface area contributed by atoms with Gasteiger partial charge in [-0.25, -0.2) is 0 Å². The van der Waals surface area contributed by atoms with Crippen LogP contribution in [0.4, 0.5) is 0 Å². The van der Waals surface area contributed by atoms with Crippen molar-refractivity contribution in [2.45, 2.75) is 44.7 Å². The molecule has 0 aromatic heterocycles. The number of benzene rings is 2. The summed E-state index contributed by atoms with van der Waals surface area (Å²) in [6, 6.07) is 15.0. The average Bonchev–Trinajstić information content (AvgIpc) is 2.81. The van der Waals surface area contributed by atoms with Crippen molar-refractivity contribution in [1.29, 1.82) is 0 Å². The molecule has 2 N–H and O–H groups in total. The maximum absolute atomic E-state index is 13.1. The van der Waals surface area contributed by atoms with Crippen molar-refractivity contribution < 1.29 is 23.8 Å². The first-order valence-corrected chi connectivity index (χ1v) is 10.6. The summed E-state index contributed by atoms with van der Waals surface area (Å²) in [4.78, 5) is 26.0. The molecule has 1 fully saturated rings. The molecule has 0 radical (unpaired) electrons. The Morgan fingerprint density at radius 1 is 0.968 bits per heavy atom. The zero-order valence-corrected chi connectivity index (χ0v) is 17.9. The van der Waals surface area contributed by atoms with E-state index in [1.165, 1.54) is 13.5 Å². The number of rotatable bonds is 10. The number of nitrogens with zero attached hydrogens (tertiary/aromatic N) is 1. The smallest absolute Gasteiger partial charge is 0.261 e. The van der Waals surface area contributed by atoms with Crippen molar-refractivity contribution in [3.8, 4) is 17.2 Å². The Bertz CT molecular complexity index is 866. The molecule has 0 bridgehead atoms. The Morgan fingerprint density at radius 3 is 2.39 bits per heavy atom. The first-order chi connectivity index (χ1) is 15.1. The van der Waals surface area contributed by atoms with E-state index in [9.17, 15) is 9.59 Å². The van der Waals surface area contributed by atoms with Crippen molar-refractivity contribution in [2.75, 3.05) is 20.3 Å². The van der Waals surface area contributed by atoms with E-state index in [1.807, 2.05) is 47.4 Å². The van der Waals surface area contributed by atoms with Gasteiger partial charge in [-0.15, -0.1) is 0 Å². The van der Waals surface area contributed by atoms with Crippen molar-refractivity contribution in [1.82, 2.24) is 4.90 Å². The summed E-state index contributed by atoms with van der Waals surface area (Å²) in [5.41, 5.74) is 6.07. The van der Waals surface area contributed by atoms with Crippen LogP contribution in [-0.4, -0.2) is 43.1 Å². The van der Waals surface area contributed by atoms with Gasteiger partial charge in [0.15, 0.2) is 24.7 Å². The summed E-state index contributed by atoms with van der Waals surface area (Å²) >= 11 is 0. The summed E-state index contributed by atoms with van der Waals surface area (Å²) in [5.74, 6) is 1.02. The lowest BCUT2D eigenvalue weighted by atomic mass is 9.93. The van der Waals surface area contributed by atoms with Gasteiger partial charge in [-0.1, -0.05) is 43.5 Å². The first kappa shape index (κ1) is 22.5. The molecule has 7 nitrogen and oxygen atoms in total. The fraction of sp³-hybridized carbons (Fsp3) is 0.417.